The summed E-state index contributed by atoms with van der Waals surface area (Å²) in [5.74, 6) is 0.555. The van der Waals surface area contributed by atoms with Crippen molar-refractivity contribution in [2.24, 2.45) is 7.05 Å². The summed E-state index contributed by atoms with van der Waals surface area (Å²) < 4.78 is 2.80. The molecular weight excluding hydrogens is 302 g/mol. The Morgan fingerprint density at radius 3 is 2.21 bits per heavy atom. The summed E-state index contributed by atoms with van der Waals surface area (Å²) >= 11 is 3.48. The second-order valence-electron chi connectivity index (χ2n) is 5.14. The Morgan fingerprint density at radius 2 is 1.74 bits per heavy atom. The van der Waals surface area contributed by atoms with E-state index in [1.807, 2.05) is 11.6 Å². The fraction of sp³-hybridized carbons (Fsp3) is 0.400. The molecule has 0 saturated carbocycles. The zero-order chi connectivity index (χ0) is 14.2. The van der Waals surface area contributed by atoms with Crippen LogP contribution in [0.3, 0.4) is 0 Å². The maximum absolute atomic E-state index is 5.81. The fourth-order valence-electron chi connectivity index (χ4n) is 2.64. The van der Waals surface area contributed by atoms with Crippen molar-refractivity contribution in [3.8, 4) is 0 Å². The van der Waals surface area contributed by atoms with E-state index in [4.69, 9.17) is 5.73 Å². The molecule has 0 aliphatic rings. The third-order valence-corrected chi connectivity index (χ3v) is 4.29. The highest BCUT2D eigenvalue weighted by Gasteiger charge is 2.12. The largest absolute Gasteiger partial charge is 0.369 e. The van der Waals surface area contributed by atoms with E-state index in [9.17, 15) is 0 Å². The number of rotatable bonds is 3. The van der Waals surface area contributed by atoms with Crippen molar-refractivity contribution < 1.29 is 0 Å². The molecule has 0 radical (unpaired) electrons. The summed E-state index contributed by atoms with van der Waals surface area (Å²) in [6.07, 6.45) is 1.95. The Balaban J connectivity index is 2.24. The number of hydrogen-bond acceptors (Lipinski definition) is 2. The highest BCUT2D eigenvalue weighted by Crippen LogP contribution is 2.23. The predicted molar refractivity (Wildman–Crippen MR) is 83.4 cm³/mol. The number of benzene rings is 1. The number of nitrogens with zero attached hydrogens (tertiary/aromatic N) is 2. The van der Waals surface area contributed by atoms with E-state index in [1.165, 1.54) is 22.3 Å². The molecule has 2 aromatic rings. The first-order valence-electron chi connectivity index (χ1n) is 6.43. The van der Waals surface area contributed by atoms with Gasteiger partial charge in [-0.25, -0.2) is 4.98 Å². The van der Waals surface area contributed by atoms with Crippen molar-refractivity contribution in [1.29, 1.82) is 0 Å². The molecule has 1 aromatic carbocycles. The first-order chi connectivity index (χ1) is 8.90. The lowest BCUT2D eigenvalue weighted by Gasteiger charge is -2.12. The van der Waals surface area contributed by atoms with E-state index in [1.54, 1.807) is 0 Å². The number of nitrogen functional groups attached to an aromatic ring is 1. The van der Waals surface area contributed by atoms with Crippen LogP contribution in [-0.2, 0) is 19.9 Å². The quantitative estimate of drug-likeness (QED) is 0.940. The highest BCUT2D eigenvalue weighted by molar-refractivity contribution is 9.10. The summed E-state index contributed by atoms with van der Waals surface area (Å²) in [6, 6.07) is 4.49. The minimum atomic E-state index is 0.555. The van der Waals surface area contributed by atoms with Gasteiger partial charge < -0.3 is 10.3 Å². The molecular formula is C15H20BrN3. The topological polar surface area (TPSA) is 43.8 Å². The molecule has 19 heavy (non-hydrogen) atoms. The summed E-state index contributed by atoms with van der Waals surface area (Å²) in [5.41, 5.74) is 12.4. The predicted octanol–water partition coefficient (Wildman–Crippen LogP) is 3.48. The van der Waals surface area contributed by atoms with E-state index in [2.05, 4.69) is 53.8 Å². The molecule has 0 saturated heterocycles. The molecule has 1 heterocycles. The standard InChI is InChI=1S/C15H20BrN3/c1-9-7-10(2)12(11(3)8-9)5-6-13-14(16)18-15(17)19(13)4/h7-8H,5-6H2,1-4H3,(H2,17,18). The smallest absolute Gasteiger partial charge is 0.201 e. The van der Waals surface area contributed by atoms with E-state index in [0.29, 0.717) is 5.95 Å². The van der Waals surface area contributed by atoms with Gasteiger partial charge in [-0.2, -0.15) is 0 Å². The molecule has 2 rings (SSSR count). The van der Waals surface area contributed by atoms with Gasteiger partial charge in [0.25, 0.3) is 0 Å². The van der Waals surface area contributed by atoms with Crippen molar-refractivity contribution in [1.82, 2.24) is 9.55 Å². The molecule has 3 nitrogen and oxygen atoms in total. The van der Waals surface area contributed by atoms with Crippen LogP contribution in [0.15, 0.2) is 16.7 Å². The van der Waals surface area contributed by atoms with Gasteiger partial charge in [0.1, 0.15) is 4.60 Å². The third kappa shape index (κ3) is 2.84. The van der Waals surface area contributed by atoms with Crippen molar-refractivity contribution in [3.63, 3.8) is 0 Å². The number of hydrogen-bond donors (Lipinski definition) is 1. The summed E-state index contributed by atoms with van der Waals surface area (Å²) in [4.78, 5) is 4.24. The van der Waals surface area contributed by atoms with Gasteiger partial charge in [0.2, 0.25) is 5.95 Å². The SMILES string of the molecule is Cc1cc(C)c(CCc2c(Br)nc(N)n2C)c(C)c1. The van der Waals surface area contributed by atoms with Crippen LogP contribution in [0.5, 0.6) is 0 Å². The lowest BCUT2D eigenvalue weighted by Crippen LogP contribution is -2.04. The van der Waals surface area contributed by atoms with Gasteiger partial charge >= 0.3 is 0 Å². The Kier molecular flexibility index (Phi) is 3.99. The Bertz CT molecular complexity index is 591. The zero-order valence-electron chi connectivity index (χ0n) is 11.9. The minimum Gasteiger partial charge on any atom is -0.369 e. The van der Waals surface area contributed by atoms with Gasteiger partial charge in [-0.15, -0.1) is 0 Å². The zero-order valence-corrected chi connectivity index (χ0v) is 13.5. The molecule has 4 heteroatoms. The maximum atomic E-state index is 5.81. The van der Waals surface area contributed by atoms with Gasteiger partial charge in [0, 0.05) is 7.05 Å². The number of imidazole rings is 1. The highest BCUT2D eigenvalue weighted by atomic mass is 79.9. The molecule has 0 spiro atoms. The molecule has 0 atom stereocenters. The van der Waals surface area contributed by atoms with Gasteiger partial charge in [-0.1, -0.05) is 17.7 Å². The van der Waals surface area contributed by atoms with Crippen molar-refractivity contribution in [3.05, 3.63) is 44.7 Å². The molecule has 0 aliphatic heterocycles. The van der Waals surface area contributed by atoms with E-state index in [-0.39, 0.29) is 0 Å². The average molecular weight is 322 g/mol. The summed E-state index contributed by atoms with van der Waals surface area (Å²) in [7, 11) is 1.96. The van der Waals surface area contributed by atoms with E-state index in [0.717, 1.165) is 23.1 Å². The van der Waals surface area contributed by atoms with Crippen molar-refractivity contribution in [2.45, 2.75) is 33.6 Å². The third-order valence-electron chi connectivity index (χ3n) is 3.65. The van der Waals surface area contributed by atoms with Gasteiger partial charge in [0.05, 0.1) is 5.69 Å². The number of nitrogens with two attached hydrogens (primary N) is 1. The molecule has 0 bridgehead atoms. The maximum Gasteiger partial charge on any atom is 0.201 e. The van der Waals surface area contributed by atoms with Crippen LogP contribution in [0.4, 0.5) is 5.95 Å². The Hall–Kier alpha value is -1.29. The summed E-state index contributed by atoms with van der Waals surface area (Å²) in [5, 5.41) is 0. The molecule has 0 unspecified atom stereocenters. The second kappa shape index (κ2) is 5.37. The first-order valence-corrected chi connectivity index (χ1v) is 7.22. The first kappa shape index (κ1) is 14.1. The van der Waals surface area contributed by atoms with Crippen LogP contribution < -0.4 is 5.73 Å². The van der Waals surface area contributed by atoms with Crippen LogP contribution in [0.2, 0.25) is 0 Å². The molecule has 0 fully saturated rings. The molecule has 0 amide bonds. The fourth-order valence-corrected chi connectivity index (χ4v) is 3.28. The number of halogens is 1. The summed E-state index contributed by atoms with van der Waals surface area (Å²) in [6.45, 7) is 6.51. The lowest BCUT2D eigenvalue weighted by molar-refractivity contribution is 0.799. The van der Waals surface area contributed by atoms with Gasteiger partial charge in [-0.3, -0.25) is 0 Å². The molecule has 102 valence electrons. The molecule has 0 aliphatic carbocycles. The van der Waals surface area contributed by atoms with E-state index >= 15 is 0 Å². The normalized spacial score (nSPS) is 11.0. The van der Waals surface area contributed by atoms with Crippen molar-refractivity contribution >= 4 is 21.9 Å². The molecule has 1 aromatic heterocycles. The number of anilines is 1. The van der Waals surface area contributed by atoms with Crippen molar-refractivity contribution in [2.75, 3.05) is 5.73 Å². The Labute approximate surface area is 123 Å². The van der Waals surface area contributed by atoms with Gasteiger partial charge in [-0.05, 0) is 66.2 Å². The number of aromatic nitrogens is 2. The Morgan fingerprint density at radius 1 is 1.16 bits per heavy atom. The number of aryl methyl sites for hydroxylation is 3. The second-order valence-corrected chi connectivity index (χ2v) is 5.89. The van der Waals surface area contributed by atoms with Crippen LogP contribution in [0, 0.1) is 20.8 Å². The van der Waals surface area contributed by atoms with E-state index < -0.39 is 0 Å². The van der Waals surface area contributed by atoms with Crippen LogP contribution in [-0.4, -0.2) is 9.55 Å². The molecule has 2 N–H and O–H groups in total. The lowest BCUT2D eigenvalue weighted by atomic mass is 9.96. The average Bonchev–Trinajstić information content (AvgIpc) is 2.53. The van der Waals surface area contributed by atoms with Crippen LogP contribution in [0.1, 0.15) is 27.9 Å². The van der Waals surface area contributed by atoms with Crippen LogP contribution in [0.25, 0.3) is 0 Å². The van der Waals surface area contributed by atoms with Gasteiger partial charge in [0.15, 0.2) is 0 Å². The monoisotopic (exact) mass is 321 g/mol. The van der Waals surface area contributed by atoms with Crippen LogP contribution >= 0.6 is 15.9 Å². The minimum absolute atomic E-state index is 0.555.